The second-order valence-electron chi connectivity index (χ2n) is 6.75. The molecule has 0 aliphatic carbocycles. The molecule has 0 radical (unpaired) electrons. The van der Waals surface area contributed by atoms with E-state index in [-0.39, 0.29) is 24.1 Å². The molecule has 2 amide bonds. The summed E-state index contributed by atoms with van der Waals surface area (Å²) in [5, 5.41) is 7.46. The first-order valence-electron chi connectivity index (χ1n) is 9.36. The van der Waals surface area contributed by atoms with Crippen molar-refractivity contribution < 1.29 is 23.5 Å². The van der Waals surface area contributed by atoms with Crippen molar-refractivity contribution >= 4 is 22.6 Å². The summed E-state index contributed by atoms with van der Waals surface area (Å²) in [5.41, 5.74) is 0.116. The molecule has 1 atom stereocenters. The van der Waals surface area contributed by atoms with Gasteiger partial charge in [-0.05, 0) is 47.9 Å². The third kappa shape index (κ3) is 4.31. The molecule has 150 valence electrons. The van der Waals surface area contributed by atoms with Crippen LogP contribution in [-0.2, 0) is 11.4 Å². The molecule has 1 aromatic heterocycles. The molecule has 2 heterocycles. The molecule has 2 aromatic carbocycles. The SMILES string of the molecule is COc1ccc2ccc(OCc3nc(C(=O)N[C@@H]4CCCNC4=O)co3)cc2c1. The molecule has 0 spiro atoms. The number of oxazole rings is 1. The summed E-state index contributed by atoms with van der Waals surface area (Å²) < 4.78 is 16.3. The maximum absolute atomic E-state index is 12.3. The van der Waals surface area contributed by atoms with Crippen LogP contribution in [0.25, 0.3) is 10.8 Å². The van der Waals surface area contributed by atoms with Gasteiger partial charge >= 0.3 is 0 Å². The van der Waals surface area contributed by atoms with Gasteiger partial charge in [0.25, 0.3) is 5.91 Å². The van der Waals surface area contributed by atoms with Gasteiger partial charge in [-0.3, -0.25) is 9.59 Å². The normalized spacial score (nSPS) is 16.3. The van der Waals surface area contributed by atoms with Crippen LogP contribution >= 0.6 is 0 Å². The Morgan fingerprint density at radius 2 is 2.03 bits per heavy atom. The highest BCUT2D eigenvalue weighted by Crippen LogP contribution is 2.25. The molecule has 1 saturated heterocycles. The van der Waals surface area contributed by atoms with Crippen molar-refractivity contribution in [1.82, 2.24) is 15.6 Å². The number of rotatable bonds is 6. The second kappa shape index (κ2) is 8.22. The fourth-order valence-electron chi connectivity index (χ4n) is 3.19. The number of nitrogens with zero attached hydrogens (tertiary/aromatic N) is 1. The highest BCUT2D eigenvalue weighted by atomic mass is 16.5. The van der Waals surface area contributed by atoms with E-state index in [0.717, 1.165) is 22.9 Å². The fraction of sp³-hybridized carbons (Fsp3) is 0.286. The summed E-state index contributed by atoms with van der Waals surface area (Å²) in [6, 6.07) is 11.0. The summed E-state index contributed by atoms with van der Waals surface area (Å²) in [7, 11) is 1.62. The van der Waals surface area contributed by atoms with Crippen molar-refractivity contribution in [1.29, 1.82) is 0 Å². The predicted octanol–water partition coefficient (Wildman–Crippen LogP) is 2.42. The van der Waals surface area contributed by atoms with E-state index in [4.69, 9.17) is 13.9 Å². The van der Waals surface area contributed by atoms with Gasteiger partial charge in [-0.15, -0.1) is 0 Å². The van der Waals surface area contributed by atoms with Crippen molar-refractivity contribution in [2.75, 3.05) is 13.7 Å². The molecule has 29 heavy (non-hydrogen) atoms. The van der Waals surface area contributed by atoms with E-state index in [2.05, 4.69) is 15.6 Å². The zero-order valence-electron chi connectivity index (χ0n) is 15.9. The minimum Gasteiger partial charge on any atom is -0.497 e. The summed E-state index contributed by atoms with van der Waals surface area (Å²) >= 11 is 0. The smallest absolute Gasteiger partial charge is 0.273 e. The number of carbonyl (C=O) groups is 2. The first kappa shape index (κ1) is 18.8. The predicted molar refractivity (Wildman–Crippen MR) is 105 cm³/mol. The summed E-state index contributed by atoms with van der Waals surface area (Å²) in [4.78, 5) is 28.2. The number of carbonyl (C=O) groups excluding carboxylic acids is 2. The molecule has 8 heteroatoms. The van der Waals surface area contributed by atoms with Crippen LogP contribution < -0.4 is 20.1 Å². The lowest BCUT2D eigenvalue weighted by Gasteiger charge is -2.22. The lowest BCUT2D eigenvalue weighted by atomic mass is 10.1. The molecule has 8 nitrogen and oxygen atoms in total. The summed E-state index contributed by atoms with van der Waals surface area (Å²) in [5.74, 6) is 1.07. The van der Waals surface area contributed by atoms with E-state index in [1.165, 1.54) is 6.26 Å². The van der Waals surface area contributed by atoms with Crippen molar-refractivity contribution in [3.05, 3.63) is 54.2 Å². The molecule has 0 bridgehead atoms. The van der Waals surface area contributed by atoms with Crippen LogP contribution in [0.4, 0.5) is 0 Å². The maximum atomic E-state index is 12.3. The molecule has 1 aliphatic heterocycles. The van der Waals surface area contributed by atoms with Crippen LogP contribution in [0.15, 0.2) is 47.1 Å². The lowest BCUT2D eigenvalue weighted by Crippen LogP contribution is -2.50. The molecule has 0 unspecified atom stereocenters. The third-order valence-corrected chi connectivity index (χ3v) is 4.76. The van der Waals surface area contributed by atoms with E-state index in [0.29, 0.717) is 18.7 Å². The van der Waals surface area contributed by atoms with Gasteiger partial charge in [0.15, 0.2) is 12.3 Å². The number of hydrogen-bond donors (Lipinski definition) is 2. The van der Waals surface area contributed by atoms with Crippen molar-refractivity contribution in [3.8, 4) is 11.5 Å². The Labute approximate surface area is 167 Å². The standard InChI is InChI=1S/C21H21N3O5/c1-27-15-6-4-13-5-7-16(10-14(13)9-15)28-12-19-23-18(11-29-19)21(26)24-17-3-2-8-22-20(17)25/h4-7,9-11,17H,2-3,8,12H2,1H3,(H,22,25)(H,24,26)/t17-/m1/s1. The maximum Gasteiger partial charge on any atom is 0.273 e. The van der Waals surface area contributed by atoms with Gasteiger partial charge in [-0.2, -0.15) is 0 Å². The molecule has 2 N–H and O–H groups in total. The Hall–Kier alpha value is -3.55. The van der Waals surface area contributed by atoms with Crippen LogP contribution in [0.1, 0.15) is 29.2 Å². The number of nitrogens with one attached hydrogen (secondary N) is 2. The average molecular weight is 395 g/mol. The number of methoxy groups -OCH3 is 1. The van der Waals surface area contributed by atoms with Gasteiger partial charge < -0.3 is 24.5 Å². The zero-order valence-corrected chi connectivity index (χ0v) is 15.9. The lowest BCUT2D eigenvalue weighted by molar-refractivity contribution is -0.124. The van der Waals surface area contributed by atoms with E-state index in [1.807, 2.05) is 36.4 Å². The Morgan fingerprint density at radius 3 is 2.83 bits per heavy atom. The van der Waals surface area contributed by atoms with Gasteiger partial charge in [-0.25, -0.2) is 4.98 Å². The minimum atomic E-state index is -0.540. The molecule has 3 aromatic rings. The van der Waals surface area contributed by atoms with Crippen LogP contribution in [0.3, 0.4) is 0 Å². The summed E-state index contributed by atoms with van der Waals surface area (Å²) in [6.07, 6.45) is 2.70. The largest absolute Gasteiger partial charge is 0.497 e. The van der Waals surface area contributed by atoms with Crippen molar-refractivity contribution in [3.63, 3.8) is 0 Å². The van der Waals surface area contributed by atoms with Crippen LogP contribution in [-0.4, -0.2) is 36.5 Å². The highest BCUT2D eigenvalue weighted by molar-refractivity contribution is 5.96. The highest BCUT2D eigenvalue weighted by Gasteiger charge is 2.25. The first-order chi connectivity index (χ1) is 14.1. The third-order valence-electron chi connectivity index (χ3n) is 4.76. The van der Waals surface area contributed by atoms with Crippen molar-refractivity contribution in [2.45, 2.75) is 25.5 Å². The van der Waals surface area contributed by atoms with Crippen LogP contribution in [0.5, 0.6) is 11.5 Å². The zero-order chi connectivity index (χ0) is 20.2. The number of fused-ring (bicyclic) bond motifs is 1. The molecular formula is C21H21N3O5. The number of ether oxygens (including phenoxy) is 2. The van der Waals surface area contributed by atoms with E-state index < -0.39 is 11.9 Å². The van der Waals surface area contributed by atoms with E-state index >= 15 is 0 Å². The van der Waals surface area contributed by atoms with Gasteiger partial charge in [0.05, 0.1) is 7.11 Å². The Bertz CT molecular complexity index is 1050. The van der Waals surface area contributed by atoms with Crippen molar-refractivity contribution in [2.24, 2.45) is 0 Å². The topological polar surface area (TPSA) is 103 Å². The van der Waals surface area contributed by atoms with Gasteiger partial charge in [-0.1, -0.05) is 12.1 Å². The van der Waals surface area contributed by atoms with Crippen LogP contribution in [0, 0.1) is 0 Å². The number of amides is 2. The monoisotopic (exact) mass is 395 g/mol. The first-order valence-corrected chi connectivity index (χ1v) is 9.36. The number of piperidine rings is 1. The van der Waals surface area contributed by atoms with E-state index in [9.17, 15) is 9.59 Å². The molecule has 1 fully saturated rings. The Kier molecular flexibility index (Phi) is 5.33. The number of aromatic nitrogens is 1. The fourth-order valence-corrected chi connectivity index (χ4v) is 3.19. The van der Waals surface area contributed by atoms with Gasteiger partial charge in [0.1, 0.15) is 23.8 Å². The van der Waals surface area contributed by atoms with E-state index in [1.54, 1.807) is 7.11 Å². The average Bonchev–Trinajstić information content (AvgIpc) is 3.22. The molecule has 1 aliphatic rings. The second-order valence-corrected chi connectivity index (χ2v) is 6.75. The summed E-state index contributed by atoms with van der Waals surface area (Å²) in [6.45, 7) is 0.713. The number of benzene rings is 2. The molecular weight excluding hydrogens is 374 g/mol. The minimum absolute atomic E-state index is 0.0761. The number of hydrogen-bond acceptors (Lipinski definition) is 6. The van der Waals surface area contributed by atoms with Gasteiger partial charge in [0.2, 0.25) is 11.8 Å². The Morgan fingerprint density at radius 1 is 1.24 bits per heavy atom. The Balaban J connectivity index is 1.38. The molecule has 0 saturated carbocycles. The van der Waals surface area contributed by atoms with Crippen LogP contribution in [0.2, 0.25) is 0 Å². The quantitative estimate of drug-likeness (QED) is 0.665. The van der Waals surface area contributed by atoms with Gasteiger partial charge in [0, 0.05) is 6.54 Å². The molecule has 4 rings (SSSR count).